The first-order chi connectivity index (χ1) is 18.2. The number of nitrogens with one attached hydrogen (secondary N) is 1. The lowest BCUT2D eigenvalue weighted by Gasteiger charge is -2.07. The molecule has 0 spiro atoms. The van der Waals surface area contributed by atoms with E-state index in [1.165, 1.54) is 36.8 Å². The molecular formula is C25H18ClN7O4S. The van der Waals surface area contributed by atoms with Crippen molar-refractivity contribution in [1.82, 2.24) is 14.5 Å². The second kappa shape index (κ2) is 10.0. The molecule has 38 heavy (non-hydrogen) atoms. The van der Waals surface area contributed by atoms with E-state index in [-0.39, 0.29) is 10.6 Å². The van der Waals surface area contributed by atoms with Gasteiger partial charge < -0.3 is 4.57 Å². The van der Waals surface area contributed by atoms with Crippen LogP contribution in [0.1, 0.15) is 5.56 Å². The SMILES string of the molecule is NS(=O)(=O)c1ccc(-n2cc(-c3ccc(Cl)cc3)c3c(N/N=C/c4cccc([N+](=O)[O-])c4)ncnc32)cc1. The molecule has 3 N–H and O–H groups in total. The lowest BCUT2D eigenvalue weighted by atomic mass is 10.1. The van der Waals surface area contributed by atoms with Crippen LogP contribution in [0.15, 0.2) is 95.3 Å². The Labute approximate surface area is 221 Å². The summed E-state index contributed by atoms with van der Waals surface area (Å²) >= 11 is 6.10. The van der Waals surface area contributed by atoms with Crippen molar-refractivity contribution in [2.24, 2.45) is 10.2 Å². The molecule has 5 rings (SSSR count). The fourth-order valence-corrected chi connectivity index (χ4v) is 4.52. The Morgan fingerprint density at radius 2 is 1.79 bits per heavy atom. The Bertz CT molecular complexity index is 1800. The van der Waals surface area contributed by atoms with Gasteiger partial charge in [0.25, 0.3) is 5.69 Å². The number of fused-ring (bicyclic) bond motifs is 1. The summed E-state index contributed by atoms with van der Waals surface area (Å²) in [6, 6.07) is 19.4. The van der Waals surface area contributed by atoms with Gasteiger partial charge in [0, 0.05) is 40.2 Å². The van der Waals surface area contributed by atoms with Crippen LogP contribution in [0.3, 0.4) is 0 Å². The lowest BCUT2D eigenvalue weighted by molar-refractivity contribution is -0.384. The van der Waals surface area contributed by atoms with E-state index < -0.39 is 14.9 Å². The van der Waals surface area contributed by atoms with E-state index in [1.54, 1.807) is 41.0 Å². The Kier molecular flexibility index (Phi) is 6.59. The third kappa shape index (κ3) is 5.09. The number of nitrogens with zero attached hydrogens (tertiary/aromatic N) is 5. The molecule has 2 aromatic heterocycles. The number of non-ortho nitro benzene ring substituents is 1. The highest BCUT2D eigenvalue weighted by Gasteiger charge is 2.18. The van der Waals surface area contributed by atoms with Gasteiger partial charge in [0.2, 0.25) is 10.0 Å². The average molecular weight is 548 g/mol. The van der Waals surface area contributed by atoms with Crippen molar-refractivity contribution in [3.63, 3.8) is 0 Å². The zero-order valence-electron chi connectivity index (χ0n) is 19.4. The smallest absolute Gasteiger partial charge is 0.270 e. The number of hydrogen-bond donors (Lipinski definition) is 2. The average Bonchev–Trinajstić information content (AvgIpc) is 3.29. The van der Waals surface area contributed by atoms with Gasteiger partial charge in [0.15, 0.2) is 11.5 Å². The van der Waals surface area contributed by atoms with Crippen molar-refractivity contribution in [3.8, 4) is 16.8 Å². The number of rotatable bonds is 7. The Morgan fingerprint density at radius 1 is 1.05 bits per heavy atom. The van der Waals surface area contributed by atoms with E-state index in [4.69, 9.17) is 16.7 Å². The van der Waals surface area contributed by atoms with Crippen LogP contribution >= 0.6 is 11.6 Å². The van der Waals surface area contributed by atoms with Crippen molar-refractivity contribution in [1.29, 1.82) is 0 Å². The van der Waals surface area contributed by atoms with Crippen molar-refractivity contribution in [2.45, 2.75) is 4.90 Å². The molecule has 5 aromatic rings. The molecule has 190 valence electrons. The van der Waals surface area contributed by atoms with E-state index in [0.29, 0.717) is 33.1 Å². The highest BCUT2D eigenvalue weighted by Crippen LogP contribution is 2.36. The van der Waals surface area contributed by atoms with Gasteiger partial charge in [-0.05, 0) is 42.0 Å². The summed E-state index contributed by atoms with van der Waals surface area (Å²) in [5.74, 6) is 0.390. The molecule has 13 heteroatoms. The standard InChI is InChI=1S/C25H18ClN7O4S/c26-18-6-4-17(5-7-18)22-14-32(19-8-10-21(11-9-19)38(27,36)37)25-23(22)24(28-15-29-25)31-30-13-16-2-1-3-20(12-16)33(34)35/h1-15H,(H2,27,36,37)(H,28,29,31)/b30-13+. The van der Waals surface area contributed by atoms with E-state index in [1.807, 2.05) is 18.3 Å². The van der Waals surface area contributed by atoms with Gasteiger partial charge in [-0.2, -0.15) is 5.10 Å². The molecular weight excluding hydrogens is 530 g/mol. The maximum absolute atomic E-state index is 11.7. The van der Waals surface area contributed by atoms with Gasteiger partial charge in [-0.3, -0.25) is 15.5 Å². The topological polar surface area (TPSA) is 158 Å². The van der Waals surface area contributed by atoms with Crippen LogP contribution in [0.5, 0.6) is 0 Å². The highest BCUT2D eigenvalue weighted by atomic mass is 35.5. The highest BCUT2D eigenvalue weighted by molar-refractivity contribution is 7.89. The first-order valence-electron chi connectivity index (χ1n) is 11.0. The fraction of sp³-hybridized carbons (Fsp3) is 0. The van der Waals surface area contributed by atoms with Crippen LogP contribution in [0.4, 0.5) is 11.5 Å². The number of hydrogen-bond acceptors (Lipinski definition) is 8. The maximum atomic E-state index is 11.7. The van der Waals surface area contributed by atoms with Crippen LogP contribution < -0.4 is 10.6 Å². The van der Waals surface area contributed by atoms with Gasteiger partial charge in [-0.1, -0.05) is 35.9 Å². The Balaban J connectivity index is 1.60. The summed E-state index contributed by atoms with van der Waals surface area (Å²) in [6.07, 6.45) is 4.67. The van der Waals surface area contributed by atoms with Gasteiger partial charge in [0.1, 0.15) is 6.33 Å². The first-order valence-corrected chi connectivity index (χ1v) is 12.9. The second-order valence-corrected chi connectivity index (χ2v) is 10.1. The van der Waals surface area contributed by atoms with Crippen molar-refractivity contribution < 1.29 is 13.3 Å². The number of halogens is 1. The molecule has 0 amide bonds. The largest absolute Gasteiger partial charge is 0.301 e. The number of hydrazone groups is 1. The molecule has 0 radical (unpaired) electrons. The molecule has 0 bridgehead atoms. The Hall–Kier alpha value is -4.65. The zero-order chi connectivity index (χ0) is 26.9. The number of nitro groups is 1. The third-order valence-corrected chi connectivity index (χ3v) is 6.83. The normalized spacial score (nSPS) is 11.7. The molecule has 0 aliphatic carbocycles. The van der Waals surface area contributed by atoms with Gasteiger partial charge in [0.05, 0.1) is 21.4 Å². The molecule has 2 heterocycles. The van der Waals surface area contributed by atoms with Gasteiger partial charge >= 0.3 is 0 Å². The molecule has 0 atom stereocenters. The quantitative estimate of drug-likeness (QED) is 0.169. The number of sulfonamides is 1. The fourth-order valence-electron chi connectivity index (χ4n) is 3.87. The molecule has 0 saturated heterocycles. The van der Waals surface area contributed by atoms with Crippen molar-refractivity contribution in [3.05, 3.63) is 106 Å². The summed E-state index contributed by atoms with van der Waals surface area (Å²) < 4.78 is 25.2. The van der Waals surface area contributed by atoms with Gasteiger partial charge in [-0.15, -0.1) is 0 Å². The number of benzene rings is 3. The number of primary sulfonamides is 1. The summed E-state index contributed by atoms with van der Waals surface area (Å²) in [5.41, 5.74) is 6.17. The van der Waals surface area contributed by atoms with Crippen molar-refractivity contribution >= 4 is 50.4 Å². The minimum atomic E-state index is -3.84. The number of nitro benzene ring substituents is 1. The summed E-state index contributed by atoms with van der Waals surface area (Å²) in [5, 5.41) is 21.7. The van der Waals surface area contributed by atoms with E-state index in [9.17, 15) is 18.5 Å². The molecule has 0 aliphatic heterocycles. The van der Waals surface area contributed by atoms with Gasteiger partial charge in [-0.25, -0.2) is 23.5 Å². The molecule has 0 saturated carbocycles. The van der Waals surface area contributed by atoms with Crippen LogP contribution in [0.25, 0.3) is 27.8 Å². The number of nitrogens with two attached hydrogens (primary N) is 1. The van der Waals surface area contributed by atoms with Crippen molar-refractivity contribution in [2.75, 3.05) is 5.43 Å². The minimum absolute atomic E-state index is 0.0110. The van der Waals surface area contributed by atoms with Crippen LogP contribution in [-0.4, -0.2) is 34.1 Å². The van der Waals surface area contributed by atoms with E-state index >= 15 is 0 Å². The summed E-state index contributed by atoms with van der Waals surface area (Å²) in [7, 11) is -3.84. The van der Waals surface area contributed by atoms with Crippen LogP contribution in [-0.2, 0) is 10.0 Å². The molecule has 3 aromatic carbocycles. The second-order valence-electron chi connectivity index (χ2n) is 8.10. The first kappa shape index (κ1) is 25.0. The monoisotopic (exact) mass is 547 g/mol. The van der Waals surface area contributed by atoms with Crippen LogP contribution in [0, 0.1) is 10.1 Å². The predicted octanol–water partition coefficient (Wildman–Crippen LogP) is 4.74. The molecule has 0 fully saturated rings. The van der Waals surface area contributed by atoms with E-state index in [2.05, 4.69) is 20.5 Å². The van der Waals surface area contributed by atoms with Crippen LogP contribution in [0.2, 0.25) is 5.02 Å². The predicted molar refractivity (Wildman–Crippen MR) is 145 cm³/mol. The maximum Gasteiger partial charge on any atom is 0.270 e. The minimum Gasteiger partial charge on any atom is -0.301 e. The summed E-state index contributed by atoms with van der Waals surface area (Å²) in [4.78, 5) is 19.4. The third-order valence-electron chi connectivity index (χ3n) is 5.65. The molecule has 11 nitrogen and oxygen atoms in total. The molecule has 0 unspecified atom stereocenters. The summed E-state index contributed by atoms with van der Waals surface area (Å²) in [6.45, 7) is 0. The number of aromatic nitrogens is 3. The van der Waals surface area contributed by atoms with E-state index in [0.717, 1.165) is 11.1 Å². The Morgan fingerprint density at radius 3 is 2.47 bits per heavy atom. The number of anilines is 1. The molecule has 0 aliphatic rings. The zero-order valence-corrected chi connectivity index (χ0v) is 21.0. The lowest BCUT2D eigenvalue weighted by Crippen LogP contribution is -2.12.